The number of oxazole rings is 1. The Morgan fingerprint density at radius 2 is 2.04 bits per heavy atom. The Kier molecular flexibility index (Phi) is 5.68. The Hall–Kier alpha value is -2.32. The van der Waals surface area contributed by atoms with E-state index in [4.69, 9.17) is 13.9 Å². The van der Waals surface area contributed by atoms with Crippen LogP contribution in [-0.2, 0) is 20.7 Å². The van der Waals surface area contributed by atoms with Crippen LogP contribution < -0.4 is 0 Å². The zero-order valence-electron chi connectivity index (χ0n) is 15.4. The van der Waals surface area contributed by atoms with E-state index in [9.17, 15) is 13.6 Å². The van der Waals surface area contributed by atoms with E-state index < -0.39 is 11.6 Å². The predicted molar refractivity (Wildman–Crippen MR) is 95.2 cm³/mol. The average Bonchev–Trinajstić information content (AvgIpc) is 3.38. The number of ether oxygens (including phenoxy) is 2. The molecule has 2 aliphatic heterocycles. The number of rotatable bonds is 5. The van der Waals surface area contributed by atoms with Crippen molar-refractivity contribution in [2.24, 2.45) is 0 Å². The lowest BCUT2D eigenvalue weighted by atomic mass is 10.0. The molecule has 3 heterocycles. The lowest BCUT2D eigenvalue weighted by Gasteiger charge is -2.38. The summed E-state index contributed by atoms with van der Waals surface area (Å²) >= 11 is 0. The fraction of sp³-hybridized carbons (Fsp3) is 0.500. The third-order valence-corrected chi connectivity index (χ3v) is 5.13. The molecule has 4 rings (SSSR count). The molecule has 1 atom stereocenters. The van der Waals surface area contributed by atoms with Gasteiger partial charge in [0.25, 0.3) is 0 Å². The normalized spacial score (nSPS) is 20.6. The van der Waals surface area contributed by atoms with E-state index in [-0.39, 0.29) is 36.0 Å². The van der Waals surface area contributed by atoms with Crippen LogP contribution in [0.5, 0.6) is 0 Å². The Morgan fingerprint density at radius 1 is 1.21 bits per heavy atom. The van der Waals surface area contributed by atoms with Crippen molar-refractivity contribution in [3.8, 4) is 11.3 Å². The van der Waals surface area contributed by atoms with E-state index in [1.54, 1.807) is 0 Å². The molecule has 1 aromatic carbocycles. The van der Waals surface area contributed by atoms with Crippen molar-refractivity contribution >= 4 is 5.91 Å². The average molecular weight is 392 g/mol. The first-order chi connectivity index (χ1) is 13.6. The van der Waals surface area contributed by atoms with Crippen molar-refractivity contribution in [2.75, 3.05) is 19.8 Å². The van der Waals surface area contributed by atoms with Crippen molar-refractivity contribution < 1.29 is 27.5 Å². The first-order valence-corrected chi connectivity index (χ1v) is 9.54. The van der Waals surface area contributed by atoms with Gasteiger partial charge in [-0.15, -0.1) is 0 Å². The summed E-state index contributed by atoms with van der Waals surface area (Å²) in [5.74, 6) is -0.821. The van der Waals surface area contributed by atoms with Crippen LogP contribution in [0.2, 0.25) is 0 Å². The van der Waals surface area contributed by atoms with Gasteiger partial charge in [-0.1, -0.05) is 0 Å². The molecule has 2 fully saturated rings. The number of hydrogen-bond acceptors (Lipinski definition) is 5. The highest BCUT2D eigenvalue weighted by atomic mass is 19.1. The standard InChI is InChI=1S/C20H22F2N2O4/c21-13-4-5-14(15(22)11-13)17-12-23-18(28-17)6-7-19(25)24-8-2-1-3-16(24)20-26-9-10-27-20/h4-5,11-12,16,20H,1-3,6-10H2. The largest absolute Gasteiger partial charge is 0.441 e. The summed E-state index contributed by atoms with van der Waals surface area (Å²) in [6.07, 6.45) is 4.45. The van der Waals surface area contributed by atoms with Crippen LogP contribution in [0.1, 0.15) is 31.6 Å². The Bertz CT molecular complexity index is 835. The van der Waals surface area contributed by atoms with Gasteiger partial charge in [0.1, 0.15) is 11.6 Å². The van der Waals surface area contributed by atoms with Gasteiger partial charge in [-0.3, -0.25) is 4.79 Å². The third-order valence-electron chi connectivity index (χ3n) is 5.13. The maximum absolute atomic E-state index is 13.9. The summed E-state index contributed by atoms with van der Waals surface area (Å²) in [4.78, 5) is 18.7. The van der Waals surface area contributed by atoms with Crippen molar-refractivity contribution in [3.05, 3.63) is 41.9 Å². The summed E-state index contributed by atoms with van der Waals surface area (Å²) in [6.45, 7) is 1.80. The zero-order valence-corrected chi connectivity index (χ0v) is 15.4. The van der Waals surface area contributed by atoms with Gasteiger partial charge in [0.15, 0.2) is 17.9 Å². The van der Waals surface area contributed by atoms with Gasteiger partial charge in [0.2, 0.25) is 5.91 Å². The van der Waals surface area contributed by atoms with Crippen LogP contribution in [0.3, 0.4) is 0 Å². The van der Waals surface area contributed by atoms with Crippen LogP contribution in [0.15, 0.2) is 28.8 Å². The number of piperidine rings is 1. The second-order valence-electron chi connectivity index (χ2n) is 7.00. The molecule has 1 aromatic heterocycles. The van der Waals surface area contributed by atoms with Gasteiger partial charge in [-0.2, -0.15) is 0 Å². The highest BCUT2D eigenvalue weighted by molar-refractivity contribution is 5.76. The molecule has 28 heavy (non-hydrogen) atoms. The van der Waals surface area contributed by atoms with E-state index in [0.29, 0.717) is 32.1 Å². The molecule has 6 nitrogen and oxygen atoms in total. The second kappa shape index (κ2) is 8.36. The fourth-order valence-electron chi connectivity index (χ4n) is 3.75. The van der Waals surface area contributed by atoms with E-state index >= 15 is 0 Å². The second-order valence-corrected chi connectivity index (χ2v) is 7.00. The molecule has 0 bridgehead atoms. The third kappa shape index (κ3) is 4.07. The van der Waals surface area contributed by atoms with E-state index in [0.717, 1.165) is 31.4 Å². The molecular formula is C20H22F2N2O4. The van der Waals surface area contributed by atoms with E-state index in [1.807, 2.05) is 4.90 Å². The highest BCUT2D eigenvalue weighted by Gasteiger charge is 2.36. The lowest BCUT2D eigenvalue weighted by Crippen LogP contribution is -2.50. The Morgan fingerprint density at radius 3 is 2.82 bits per heavy atom. The molecule has 0 spiro atoms. The summed E-state index contributed by atoms with van der Waals surface area (Å²) in [5, 5.41) is 0. The maximum Gasteiger partial charge on any atom is 0.223 e. The molecule has 150 valence electrons. The van der Waals surface area contributed by atoms with E-state index in [2.05, 4.69) is 4.98 Å². The summed E-state index contributed by atoms with van der Waals surface area (Å²) < 4.78 is 43.7. The Labute approximate surface area is 161 Å². The minimum absolute atomic E-state index is 0.00323. The van der Waals surface area contributed by atoms with Gasteiger partial charge in [-0.25, -0.2) is 13.8 Å². The van der Waals surface area contributed by atoms with Crippen LogP contribution in [0.4, 0.5) is 8.78 Å². The molecule has 0 aliphatic carbocycles. The number of nitrogens with zero attached hydrogens (tertiary/aromatic N) is 2. The molecular weight excluding hydrogens is 370 g/mol. The quantitative estimate of drug-likeness (QED) is 0.781. The van der Waals surface area contributed by atoms with Crippen molar-refractivity contribution in [2.45, 2.75) is 44.4 Å². The number of aryl methyl sites for hydroxylation is 1. The number of carbonyl (C=O) groups is 1. The molecule has 0 radical (unpaired) electrons. The van der Waals surface area contributed by atoms with Crippen molar-refractivity contribution in [3.63, 3.8) is 0 Å². The monoisotopic (exact) mass is 392 g/mol. The summed E-state index contributed by atoms with van der Waals surface area (Å²) in [7, 11) is 0. The van der Waals surface area contributed by atoms with Crippen LogP contribution in [0.25, 0.3) is 11.3 Å². The van der Waals surface area contributed by atoms with Crippen LogP contribution in [-0.4, -0.2) is 47.9 Å². The number of likely N-dealkylation sites (tertiary alicyclic amines) is 1. The van der Waals surface area contributed by atoms with Gasteiger partial charge < -0.3 is 18.8 Å². The maximum atomic E-state index is 13.9. The SMILES string of the molecule is O=C(CCc1ncc(-c2ccc(F)cc2F)o1)N1CCCCC1C1OCCO1. The molecule has 8 heteroatoms. The minimum Gasteiger partial charge on any atom is -0.441 e. The molecule has 0 saturated carbocycles. The number of benzene rings is 1. The molecule has 2 aliphatic rings. The van der Waals surface area contributed by atoms with E-state index in [1.165, 1.54) is 12.3 Å². The fourth-order valence-corrected chi connectivity index (χ4v) is 3.75. The number of halogens is 2. The predicted octanol–water partition coefficient (Wildman–Crippen LogP) is 3.31. The number of amides is 1. The Balaban J connectivity index is 1.38. The molecule has 1 unspecified atom stereocenters. The first-order valence-electron chi connectivity index (χ1n) is 9.54. The highest BCUT2D eigenvalue weighted by Crippen LogP contribution is 2.27. The first kappa shape index (κ1) is 19.0. The van der Waals surface area contributed by atoms with Gasteiger partial charge in [0, 0.05) is 25.5 Å². The van der Waals surface area contributed by atoms with Crippen molar-refractivity contribution in [1.82, 2.24) is 9.88 Å². The molecule has 1 amide bonds. The summed E-state index contributed by atoms with van der Waals surface area (Å²) in [5.41, 5.74) is 0.137. The zero-order chi connectivity index (χ0) is 19.5. The molecule has 0 N–H and O–H groups in total. The smallest absolute Gasteiger partial charge is 0.223 e. The van der Waals surface area contributed by atoms with Gasteiger partial charge in [0.05, 0.1) is 31.0 Å². The van der Waals surface area contributed by atoms with Crippen molar-refractivity contribution in [1.29, 1.82) is 0 Å². The van der Waals surface area contributed by atoms with Crippen LogP contribution in [0, 0.1) is 11.6 Å². The van der Waals surface area contributed by atoms with Gasteiger partial charge in [-0.05, 0) is 31.4 Å². The number of aromatic nitrogens is 1. The number of carbonyl (C=O) groups excluding carboxylic acids is 1. The summed E-state index contributed by atoms with van der Waals surface area (Å²) in [6, 6.07) is 3.20. The molecule has 2 aromatic rings. The van der Waals surface area contributed by atoms with Crippen LogP contribution >= 0.6 is 0 Å². The van der Waals surface area contributed by atoms with Gasteiger partial charge >= 0.3 is 0 Å². The topological polar surface area (TPSA) is 64.8 Å². The lowest BCUT2D eigenvalue weighted by molar-refractivity contribution is -0.150. The molecule has 2 saturated heterocycles. The number of hydrogen-bond donors (Lipinski definition) is 0. The minimum atomic E-state index is -0.716.